The minimum absolute atomic E-state index is 0.291. The number of benzene rings is 1. The van der Waals surface area contributed by atoms with Crippen molar-refractivity contribution in [2.75, 3.05) is 33.1 Å². The van der Waals surface area contributed by atoms with Crippen molar-refractivity contribution in [3.05, 3.63) is 24.3 Å². The first-order chi connectivity index (χ1) is 10.0. The molecular weight excluding hydrogens is 308 g/mol. The summed E-state index contributed by atoms with van der Waals surface area (Å²) in [4.78, 5) is 1.34. The Morgan fingerprint density at radius 3 is 2.62 bits per heavy atom. The van der Waals surface area contributed by atoms with Crippen molar-refractivity contribution in [3.8, 4) is 0 Å². The van der Waals surface area contributed by atoms with Crippen LogP contribution in [0.15, 0.2) is 34.1 Å². The van der Waals surface area contributed by atoms with E-state index < -0.39 is 10.0 Å². The normalized spacial score (nSPS) is 22.6. The van der Waals surface area contributed by atoms with Crippen molar-refractivity contribution < 1.29 is 13.2 Å². The highest BCUT2D eigenvalue weighted by atomic mass is 32.2. The molecule has 0 saturated carbocycles. The molecule has 1 aliphatic rings. The molecule has 2 rings (SSSR count). The summed E-state index contributed by atoms with van der Waals surface area (Å²) in [6, 6.07) is 6.91. The summed E-state index contributed by atoms with van der Waals surface area (Å²) in [6.07, 6.45) is 3.91. The lowest BCUT2D eigenvalue weighted by Crippen LogP contribution is -2.52. The van der Waals surface area contributed by atoms with E-state index >= 15 is 0 Å². The Hall–Kier alpha value is -0.600. The first-order valence-electron chi connectivity index (χ1n) is 6.89. The van der Waals surface area contributed by atoms with E-state index in [0.717, 1.165) is 24.3 Å². The lowest BCUT2D eigenvalue weighted by Gasteiger charge is -2.28. The van der Waals surface area contributed by atoms with Gasteiger partial charge >= 0.3 is 0 Å². The second kappa shape index (κ2) is 7.11. The molecule has 0 aromatic heterocycles. The molecule has 0 aliphatic carbocycles. The molecule has 1 unspecified atom stereocenters. The van der Waals surface area contributed by atoms with Crippen LogP contribution in [0.5, 0.6) is 0 Å². The van der Waals surface area contributed by atoms with Crippen LogP contribution in [0, 0.1) is 0 Å². The first-order valence-corrected chi connectivity index (χ1v) is 9.60. The molecule has 0 radical (unpaired) electrons. The lowest BCUT2D eigenvalue weighted by atomic mass is 9.99. The molecule has 5 nitrogen and oxygen atoms in total. The van der Waals surface area contributed by atoms with E-state index in [1.807, 2.05) is 18.4 Å². The number of methoxy groups -OCH3 is 1. The van der Waals surface area contributed by atoms with Gasteiger partial charge in [0.2, 0.25) is 10.0 Å². The van der Waals surface area contributed by atoms with E-state index in [9.17, 15) is 8.42 Å². The van der Waals surface area contributed by atoms with Gasteiger partial charge in [-0.2, -0.15) is 0 Å². The standard InChI is InChI=1S/C14H22N2O3S2/c1-19-11-14(8-3-9-15-14)10-16-21(17,18)13-6-4-12(20-2)5-7-13/h4-7,15-16H,3,8-11H2,1-2H3. The van der Waals surface area contributed by atoms with Gasteiger partial charge in [0.1, 0.15) is 0 Å². The van der Waals surface area contributed by atoms with Gasteiger partial charge in [0, 0.05) is 18.6 Å². The van der Waals surface area contributed by atoms with Gasteiger partial charge in [-0.05, 0) is 49.9 Å². The van der Waals surface area contributed by atoms with Gasteiger partial charge in [0.15, 0.2) is 0 Å². The zero-order valence-electron chi connectivity index (χ0n) is 12.4. The Balaban J connectivity index is 2.06. The van der Waals surface area contributed by atoms with Crippen LogP contribution in [0.25, 0.3) is 0 Å². The monoisotopic (exact) mass is 330 g/mol. The molecule has 1 aromatic carbocycles. The second-order valence-corrected chi connectivity index (χ2v) is 7.89. The number of ether oxygens (including phenoxy) is 1. The summed E-state index contributed by atoms with van der Waals surface area (Å²) in [5.74, 6) is 0. The van der Waals surface area contributed by atoms with Gasteiger partial charge in [-0.3, -0.25) is 0 Å². The largest absolute Gasteiger partial charge is 0.383 e. The van der Waals surface area contributed by atoms with Crippen molar-refractivity contribution in [1.29, 1.82) is 0 Å². The molecule has 0 bridgehead atoms. The van der Waals surface area contributed by atoms with E-state index in [1.54, 1.807) is 31.0 Å². The topological polar surface area (TPSA) is 67.4 Å². The molecule has 21 heavy (non-hydrogen) atoms. The lowest BCUT2D eigenvalue weighted by molar-refractivity contribution is 0.122. The number of hydrogen-bond acceptors (Lipinski definition) is 5. The molecule has 1 saturated heterocycles. The third-order valence-electron chi connectivity index (χ3n) is 3.72. The fourth-order valence-corrected chi connectivity index (χ4v) is 4.08. The molecule has 1 aromatic rings. The molecular formula is C14H22N2O3S2. The van der Waals surface area contributed by atoms with Crippen LogP contribution in [-0.2, 0) is 14.8 Å². The summed E-state index contributed by atoms with van der Waals surface area (Å²) < 4.78 is 32.6. The highest BCUT2D eigenvalue weighted by Crippen LogP contribution is 2.21. The van der Waals surface area contributed by atoms with Crippen molar-refractivity contribution in [2.45, 2.75) is 28.2 Å². The molecule has 2 N–H and O–H groups in total. The maximum atomic E-state index is 12.3. The summed E-state index contributed by atoms with van der Waals surface area (Å²) in [5, 5.41) is 3.36. The number of thioether (sulfide) groups is 1. The third-order valence-corrected chi connectivity index (χ3v) is 5.88. The SMILES string of the molecule is COCC1(CNS(=O)(=O)c2ccc(SC)cc2)CCCN1. The van der Waals surface area contributed by atoms with Crippen molar-refractivity contribution in [2.24, 2.45) is 0 Å². The molecule has 1 heterocycles. The molecule has 1 atom stereocenters. The van der Waals surface area contributed by atoms with Crippen molar-refractivity contribution >= 4 is 21.8 Å². The van der Waals surface area contributed by atoms with Crippen LogP contribution >= 0.6 is 11.8 Å². The minimum Gasteiger partial charge on any atom is -0.383 e. The van der Waals surface area contributed by atoms with Crippen LogP contribution in [0.3, 0.4) is 0 Å². The van der Waals surface area contributed by atoms with Crippen LogP contribution in [0.1, 0.15) is 12.8 Å². The first kappa shape index (κ1) is 16.8. The van der Waals surface area contributed by atoms with Crippen LogP contribution < -0.4 is 10.0 Å². The van der Waals surface area contributed by atoms with E-state index in [4.69, 9.17) is 4.74 Å². The van der Waals surface area contributed by atoms with Gasteiger partial charge in [0.25, 0.3) is 0 Å². The fourth-order valence-electron chi connectivity index (χ4n) is 2.54. The van der Waals surface area contributed by atoms with E-state index in [-0.39, 0.29) is 5.54 Å². The van der Waals surface area contributed by atoms with Crippen LogP contribution in [0.4, 0.5) is 0 Å². The number of hydrogen-bond donors (Lipinski definition) is 2. The third kappa shape index (κ3) is 4.20. The van der Waals surface area contributed by atoms with Gasteiger partial charge in [-0.15, -0.1) is 11.8 Å². The minimum atomic E-state index is -3.48. The number of nitrogens with one attached hydrogen (secondary N) is 2. The molecule has 0 amide bonds. The number of sulfonamides is 1. The predicted molar refractivity (Wildman–Crippen MR) is 85.3 cm³/mol. The second-order valence-electron chi connectivity index (χ2n) is 5.24. The molecule has 118 valence electrons. The van der Waals surface area contributed by atoms with Crippen molar-refractivity contribution in [1.82, 2.24) is 10.0 Å². The molecule has 7 heteroatoms. The zero-order chi connectivity index (χ0) is 15.3. The highest BCUT2D eigenvalue weighted by Gasteiger charge is 2.34. The zero-order valence-corrected chi connectivity index (χ0v) is 14.0. The Morgan fingerprint density at radius 2 is 2.10 bits per heavy atom. The fraction of sp³-hybridized carbons (Fsp3) is 0.571. The van der Waals surface area contributed by atoms with E-state index in [0.29, 0.717) is 18.0 Å². The highest BCUT2D eigenvalue weighted by molar-refractivity contribution is 7.98. The van der Waals surface area contributed by atoms with Crippen molar-refractivity contribution in [3.63, 3.8) is 0 Å². The van der Waals surface area contributed by atoms with E-state index in [1.165, 1.54) is 0 Å². The Bertz CT molecular complexity index is 552. The maximum Gasteiger partial charge on any atom is 0.240 e. The van der Waals surface area contributed by atoms with Gasteiger partial charge in [-0.25, -0.2) is 13.1 Å². The number of rotatable bonds is 7. The summed E-state index contributed by atoms with van der Waals surface area (Å²) >= 11 is 1.59. The molecule has 1 aliphatic heterocycles. The van der Waals surface area contributed by atoms with Gasteiger partial charge in [0.05, 0.1) is 17.0 Å². The maximum absolute atomic E-state index is 12.3. The average molecular weight is 330 g/mol. The smallest absolute Gasteiger partial charge is 0.240 e. The van der Waals surface area contributed by atoms with Crippen LogP contribution in [-0.4, -0.2) is 47.0 Å². The molecule has 1 fully saturated rings. The quantitative estimate of drug-likeness (QED) is 0.741. The van der Waals surface area contributed by atoms with Gasteiger partial charge < -0.3 is 10.1 Å². The summed E-state index contributed by atoms with van der Waals surface area (Å²) in [5.41, 5.74) is -0.291. The average Bonchev–Trinajstić information content (AvgIpc) is 2.95. The Morgan fingerprint density at radius 1 is 1.38 bits per heavy atom. The van der Waals surface area contributed by atoms with E-state index in [2.05, 4.69) is 10.0 Å². The van der Waals surface area contributed by atoms with Gasteiger partial charge in [-0.1, -0.05) is 0 Å². The summed E-state index contributed by atoms with van der Waals surface area (Å²) in [7, 11) is -1.85. The Labute approximate surface area is 130 Å². The predicted octanol–water partition coefficient (Wildman–Crippen LogP) is 1.46. The Kier molecular flexibility index (Phi) is 5.67. The molecule has 0 spiro atoms. The summed E-state index contributed by atoms with van der Waals surface area (Å²) in [6.45, 7) is 1.74. The van der Waals surface area contributed by atoms with Crippen LogP contribution in [0.2, 0.25) is 0 Å².